The summed E-state index contributed by atoms with van der Waals surface area (Å²) in [6.07, 6.45) is 1.72. The SMILES string of the molecule is CC1OCCC1N(C)C(=O)C1(C(=O)O)CC1. The molecule has 16 heavy (non-hydrogen) atoms. The molecule has 5 heteroatoms. The zero-order valence-electron chi connectivity index (χ0n) is 9.60. The van der Waals surface area contributed by atoms with Crippen molar-refractivity contribution in [3.05, 3.63) is 0 Å². The van der Waals surface area contributed by atoms with Crippen LogP contribution in [-0.2, 0) is 14.3 Å². The Bertz CT molecular complexity index is 324. The van der Waals surface area contributed by atoms with Crippen molar-refractivity contribution < 1.29 is 19.4 Å². The van der Waals surface area contributed by atoms with Crippen molar-refractivity contribution in [1.29, 1.82) is 0 Å². The minimum absolute atomic E-state index is 0.00135. The minimum atomic E-state index is -1.13. The summed E-state index contributed by atoms with van der Waals surface area (Å²) in [7, 11) is 1.68. The molecule has 1 saturated carbocycles. The molecule has 2 fully saturated rings. The fourth-order valence-corrected chi connectivity index (χ4v) is 2.36. The Morgan fingerprint density at radius 2 is 2.06 bits per heavy atom. The molecule has 1 heterocycles. The molecule has 1 saturated heterocycles. The lowest BCUT2D eigenvalue weighted by Crippen LogP contribution is -2.46. The second-order valence-electron chi connectivity index (χ2n) is 4.74. The average Bonchev–Trinajstić information content (AvgIpc) is 2.95. The average molecular weight is 227 g/mol. The molecule has 1 aliphatic carbocycles. The van der Waals surface area contributed by atoms with Crippen molar-refractivity contribution in [2.24, 2.45) is 5.41 Å². The quantitative estimate of drug-likeness (QED) is 0.712. The third kappa shape index (κ3) is 1.59. The van der Waals surface area contributed by atoms with Crippen molar-refractivity contribution in [1.82, 2.24) is 4.90 Å². The number of aliphatic carboxylic acids is 1. The van der Waals surface area contributed by atoms with Crippen LogP contribution in [0.5, 0.6) is 0 Å². The van der Waals surface area contributed by atoms with E-state index in [0.717, 1.165) is 6.42 Å². The zero-order chi connectivity index (χ0) is 11.9. The molecule has 0 bridgehead atoms. The third-order valence-electron chi connectivity index (χ3n) is 3.72. The number of carbonyl (C=O) groups excluding carboxylic acids is 1. The van der Waals surface area contributed by atoms with E-state index in [-0.39, 0.29) is 18.1 Å². The second kappa shape index (κ2) is 3.73. The minimum Gasteiger partial charge on any atom is -0.480 e. The predicted molar refractivity (Wildman–Crippen MR) is 55.9 cm³/mol. The van der Waals surface area contributed by atoms with Gasteiger partial charge in [-0.15, -0.1) is 0 Å². The van der Waals surface area contributed by atoms with Crippen LogP contribution in [0.15, 0.2) is 0 Å². The lowest BCUT2D eigenvalue weighted by atomic mass is 10.0. The first-order valence-electron chi connectivity index (χ1n) is 5.61. The Kier molecular flexibility index (Phi) is 2.66. The highest BCUT2D eigenvalue weighted by Crippen LogP contribution is 2.47. The lowest BCUT2D eigenvalue weighted by molar-refractivity contribution is -0.154. The van der Waals surface area contributed by atoms with Gasteiger partial charge < -0.3 is 14.7 Å². The van der Waals surface area contributed by atoms with Crippen molar-refractivity contribution in [3.8, 4) is 0 Å². The molecule has 0 aromatic rings. The standard InChI is InChI=1S/C11H17NO4/c1-7-8(3-6-16-7)12(2)9(13)11(4-5-11)10(14)15/h7-8H,3-6H2,1-2H3,(H,14,15). The molecule has 1 N–H and O–H groups in total. The molecule has 0 radical (unpaired) electrons. The topological polar surface area (TPSA) is 66.8 Å². The van der Waals surface area contributed by atoms with E-state index in [1.54, 1.807) is 11.9 Å². The van der Waals surface area contributed by atoms with Crippen LogP contribution in [0.2, 0.25) is 0 Å². The van der Waals surface area contributed by atoms with Gasteiger partial charge in [-0.25, -0.2) is 0 Å². The Hall–Kier alpha value is -1.10. The molecule has 5 nitrogen and oxygen atoms in total. The second-order valence-corrected chi connectivity index (χ2v) is 4.74. The Labute approximate surface area is 94.4 Å². The highest BCUT2D eigenvalue weighted by atomic mass is 16.5. The van der Waals surface area contributed by atoms with Gasteiger partial charge in [-0.3, -0.25) is 9.59 Å². The van der Waals surface area contributed by atoms with E-state index in [1.165, 1.54) is 0 Å². The number of amides is 1. The molecule has 0 aromatic carbocycles. The first-order chi connectivity index (χ1) is 7.49. The normalized spacial score (nSPS) is 31.1. The van der Waals surface area contributed by atoms with Crippen LogP contribution in [-0.4, -0.2) is 47.7 Å². The van der Waals surface area contributed by atoms with Crippen molar-refractivity contribution in [2.45, 2.75) is 38.3 Å². The predicted octanol–water partition coefficient (Wildman–Crippen LogP) is 0.487. The summed E-state index contributed by atoms with van der Waals surface area (Å²) in [5.41, 5.74) is -1.13. The van der Waals surface area contributed by atoms with E-state index >= 15 is 0 Å². The van der Waals surface area contributed by atoms with Crippen molar-refractivity contribution >= 4 is 11.9 Å². The van der Waals surface area contributed by atoms with Gasteiger partial charge in [-0.05, 0) is 26.2 Å². The Morgan fingerprint density at radius 3 is 2.44 bits per heavy atom. The van der Waals surface area contributed by atoms with Crippen LogP contribution < -0.4 is 0 Å². The first kappa shape index (κ1) is 11.4. The first-order valence-corrected chi connectivity index (χ1v) is 5.61. The van der Waals surface area contributed by atoms with Crippen LogP contribution in [0.1, 0.15) is 26.2 Å². The summed E-state index contributed by atoms with van der Waals surface area (Å²) in [6, 6.07) is 0.0179. The van der Waals surface area contributed by atoms with Gasteiger partial charge in [0.15, 0.2) is 0 Å². The number of carboxylic acid groups (broad SMARTS) is 1. The zero-order valence-corrected chi connectivity index (χ0v) is 9.60. The van der Waals surface area contributed by atoms with Gasteiger partial charge >= 0.3 is 5.97 Å². The molecule has 2 unspecified atom stereocenters. The summed E-state index contributed by atoms with van der Waals surface area (Å²) in [5, 5.41) is 9.05. The van der Waals surface area contributed by atoms with Crippen LogP contribution in [0.3, 0.4) is 0 Å². The van der Waals surface area contributed by atoms with Gasteiger partial charge in [0.2, 0.25) is 5.91 Å². The third-order valence-corrected chi connectivity index (χ3v) is 3.72. The van der Waals surface area contributed by atoms with Crippen LogP contribution in [0, 0.1) is 5.41 Å². The molecule has 1 amide bonds. The van der Waals surface area contributed by atoms with Crippen LogP contribution >= 0.6 is 0 Å². The number of hydrogen-bond acceptors (Lipinski definition) is 3. The Balaban J connectivity index is 2.07. The largest absolute Gasteiger partial charge is 0.480 e. The highest BCUT2D eigenvalue weighted by Gasteiger charge is 2.59. The maximum absolute atomic E-state index is 12.1. The molecule has 0 spiro atoms. The van der Waals surface area contributed by atoms with Gasteiger partial charge in [-0.2, -0.15) is 0 Å². The molecular weight excluding hydrogens is 210 g/mol. The number of carboxylic acids is 1. The van der Waals surface area contributed by atoms with Gasteiger partial charge in [-0.1, -0.05) is 0 Å². The summed E-state index contributed by atoms with van der Waals surface area (Å²) in [5.74, 6) is -1.25. The monoisotopic (exact) mass is 227 g/mol. The molecule has 2 atom stereocenters. The smallest absolute Gasteiger partial charge is 0.319 e. The molecule has 90 valence electrons. The summed E-state index contributed by atoms with van der Waals surface area (Å²) in [4.78, 5) is 24.7. The molecule has 2 aliphatic rings. The Morgan fingerprint density at radius 1 is 1.44 bits per heavy atom. The van der Waals surface area contributed by atoms with E-state index in [2.05, 4.69) is 0 Å². The van der Waals surface area contributed by atoms with E-state index in [9.17, 15) is 9.59 Å². The van der Waals surface area contributed by atoms with Crippen molar-refractivity contribution in [2.75, 3.05) is 13.7 Å². The molecular formula is C11H17NO4. The van der Waals surface area contributed by atoms with Crippen LogP contribution in [0.25, 0.3) is 0 Å². The number of carbonyl (C=O) groups is 2. The highest BCUT2D eigenvalue weighted by molar-refractivity contribution is 6.04. The van der Waals surface area contributed by atoms with E-state index in [1.807, 2.05) is 6.92 Å². The fourth-order valence-electron chi connectivity index (χ4n) is 2.36. The van der Waals surface area contributed by atoms with Gasteiger partial charge in [0, 0.05) is 13.7 Å². The van der Waals surface area contributed by atoms with Crippen LogP contribution in [0.4, 0.5) is 0 Å². The summed E-state index contributed by atoms with van der Waals surface area (Å²) < 4.78 is 5.39. The number of rotatable bonds is 3. The number of hydrogen-bond donors (Lipinski definition) is 1. The summed E-state index contributed by atoms with van der Waals surface area (Å²) in [6.45, 7) is 2.56. The molecule has 0 aromatic heterocycles. The number of ether oxygens (including phenoxy) is 1. The van der Waals surface area contributed by atoms with Crippen molar-refractivity contribution in [3.63, 3.8) is 0 Å². The number of nitrogens with zero attached hydrogens (tertiary/aromatic N) is 1. The maximum Gasteiger partial charge on any atom is 0.319 e. The maximum atomic E-state index is 12.1. The van der Waals surface area contributed by atoms with Gasteiger partial charge in [0.05, 0.1) is 12.1 Å². The molecule has 2 rings (SSSR count). The van der Waals surface area contributed by atoms with E-state index in [0.29, 0.717) is 19.4 Å². The van der Waals surface area contributed by atoms with E-state index in [4.69, 9.17) is 9.84 Å². The van der Waals surface area contributed by atoms with Gasteiger partial charge in [0.25, 0.3) is 0 Å². The summed E-state index contributed by atoms with van der Waals surface area (Å²) >= 11 is 0. The lowest BCUT2D eigenvalue weighted by Gasteiger charge is -2.29. The number of likely N-dealkylation sites (N-methyl/N-ethyl adjacent to an activating group) is 1. The molecule has 1 aliphatic heterocycles. The fraction of sp³-hybridized carbons (Fsp3) is 0.818. The van der Waals surface area contributed by atoms with E-state index < -0.39 is 11.4 Å². The van der Waals surface area contributed by atoms with Gasteiger partial charge in [0.1, 0.15) is 5.41 Å².